The molecule has 0 aliphatic rings. The van der Waals surface area contributed by atoms with Gasteiger partial charge in [-0.05, 0) is 80.4 Å². The van der Waals surface area contributed by atoms with E-state index in [4.69, 9.17) is 11.6 Å². The van der Waals surface area contributed by atoms with Crippen molar-refractivity contribution in [1.29, 1.82) is 0 Å². The van der Waals surface area contributed by atoms with Crippen molar-refractivity contribution in [2.45, 2.75) is 60.7 Å². The lowest BCUT2D eigenvalue weighted by molar-refractivity contribution is -0.274. The zero-order valence-electron chi connectivity index (χ0n) is 17.6. The number of hydrogen-bond donors (Lipinski definition) is 0. The Balaban J connectivity index is 3.32. The maximum atomic E-state index is 12.4. The van der Waals surface area contributed by atoms with Gasteiger partial charge >= 0.3 is 6.36 Å². The number of allylic oxidation sites excluding steroid dienone is 3. The van der Waals surface area contributed by atoms with Crippen LogP contribution in [0.4, 0.5) is 13.2 Å². The molecule has 0 unspecified atom stereocenters. The predicted molar refractivity (Wildman–Crippen MR) is 119 cm³/mol. The van der Waals surface area contributed by atoms with Gasteiger partial charge in [-0.2, -0.15) is 0 Å². The molecule has 1 aromatic carbocycles. The molecule has 1 aromatic rings. The molecule has 160 valence electrons. The van der Waals surface area contributed by atoms with E-state index in [2.05, 4.69) is 16.7 Å². The molecule has 0 aromatic heterocycles. The van der Waals surface area contributed by atoms with Crippen molar-refractivity contribution in [3.8, 4) is 5.75 Å². The molecule has 0 N–H and O–H groups in total. The fourth-order valence-electron chi connectivity index (χ4n) is 2.05. The first-order chi connectivity index (χ1) is 13.5. The van der Waals surface area contributed by atoms with Crippen LogP contribution in [0.5, 0.6) is 5.75 Å². The molecule has 0 amide bonds. The average Bonchev–Trinajstić information content (AvgIpc) is 2.68. The van der Waals surface area contributed by atoms with Gasteiger partial charge in [0.15, 0.2) is 0 Å². The lowest BCUT2D eigenvalue weighted by Crippen LogP contribution is -2.17. The topological polar surface area (TPSA) is 21.6 Å². The second-order valence-electron chi connectivity index (χ2n) is 6.60. The minimum absolute atomic E-state index is 0.249. The van der Waals surface area contributed by atoms with Crippen LogP contribution in [0.3, 0.4) is 0 Å². The highest BCUT2D eigenvalue weighted by atomic mass is 35.5. The predicted octanol–water partition coefficient (Wildman–Crippen LogP) is 8.70. The largest absolute Gasteiger partial charge is 0.573 e. The lowest BCUT2D eigenvalue weighted by Gasteiger charge is -2.12. The second kappa shape index (κ2) is 11.5. The van der Waals surface area contributed by atoms with Crippen LogP contribution in [0, 0.1) is 0 Å². The summed E-state index contributed by atoms with van der Waals surface area (Å²) in [6.07, 6.45) is -2.98. The van der Waals surface area contributed by atoms with E-state index >= 15 is 0 Å². The van der Waals surface area contributed by atoms with E-state index in [0.29, 0.717) is 5.16 Å². The number of rotatable bonds is 7. The minimum Gasteiger partial charge on any atom is -0.406 e. The van der Waals surface area contributed by atoms with Gasteiger partial charge in [0.2, 0.25) is 0 Å². The maximum Gasteiger partial charge on any atom is 0.573 e. The Bertz CT molecular complexity index is 821. The monoisotopic (exact) mass is 445 g/mol. The van der Waals surface area contributed by atoms with Crippen molar-refractivity contribution in [3.05, 3.63) is 57.1 Å². The van der Waals surface area contributed by atoms with Gasteiger partial charge in [0.05, 0.1) is 0 Å². The lowest BCUT2D eigenvalue weighted by atomic mass is 10.0. The van der Waals surface area contributed by atoms with Crippen LogP contribution in [0.15, 0.2) is 56.5 Å². The third-order valence-corrected chi connectivity index (χ3v) is 5.96. The van der Waals surface area contributed by atoms with E-state index in [-0.39, 0.29) is 5.75 Å². The summed E-state index contributed by atoms with van der Waals surface area (Å²) in [5.74, 6) is -0.249. The van der Waals surface area contributed by atoms with Gasteiger partial charge in [-0.1, -0.05) is 54.9 Å². The second-order valence-corrected chi connectivity index (χ2v) is 7.82. The van der Waals surface area contributed by atoms with Gasteiger partial charge < -0.3 is 4.74 Å². The standard InChI is InChI=1S/C22H27ClF3NOS/c1-7-14(3)13-29-21(27-20(23)15(4)8-2)17(6)16(5)18-9-11-19(12-10-18)28-22(24,25)26/h9-13H,7-8H2,1-6H3/b14-13+,17-16+,20-15?,27-21+. The molecule has 0 radical (unpaired) electrons. The summed E-state index contributed by atoms with van der Waals surface area (Å²) < 4.78 is 41.0. The molecule has 0 heterocycles. The van der Waals surface area contributed by atoms with Gasteiger partial charge in [0.25, 0.3) is 0 Å². The zero-order chi connectivity index (χ0) is 22.2. The number of ether oxygens (including phenoxy) is 1. The summed E-state index contributed by atoms with van der Waals surface area (Å²) >= 11 is 7.86. The van der Waals surface area contributed by atoms with E-state index in [9.17, 15) is 13.2 Å². The SMILES string of the molecule is CCC(C)=C(Cl)/N=C(S/C=C(\C)CC)\C(C)=C(/C)c1ccc(OC(F)(F)F)cc1. The molecule has 0 bridgehead atoms. The van der Waals surface area contributed by atoms with Gasteiger partial charge in [0.1, 0.15) is 15.9 Å². The molecule has 0 fully saturated rings. The van der Waals surface area contributed by atoms with Gasteiger partial charge in [-0.25, -0.2) is 4.99 Å². The van der Waals surface area contributed by atoms with Gasteiger partial charge in [-0.15, -0.1) is 13.2 Å². The molecule has 1 rings (SSSR count). The number of alkyl halides is 3. The molecule has 2 nitrogen and oxygen atoms in total. The normalized spacial score (nSPS) is 15.1. The number of nitrogens with zero attached hydrogens (tertiary/aromatic N) is 1. The molecular weight excluding hydrogens is 419 g/mol. The van der Waals surface area contributed by atoms with Crippen molar-refractivity contribution in [3.63, 3.8) is 0 Å². The fourth-order valence-corrected chi connectivity index (χ4v) is 3.27. The highest BCUT2D eigenvalue weighted by Gasteiger charge is 2.31. The molecule has 0 saturated heterocycles. The van der Waals surface area contributed by atoms with E-state index in [1.54, 1.807) is 12.1 Å². The molecule has 0 saturated carbocycles. The zero-order valence-corrected chi connectivity index (χ0v) is 19.1. The Hall–Kier alpha value is -1.66. The van der Waals surface area contributed by atoms with Crippen LogP contribution in [-0.2, 0) is 0 Å². The fraction of sp³-hybridized carbons (Fsp3) is 0.409. The quantitative estimate of drug-likeness (QED) is 0.238. The van der Waals surface area contributed by atoms with E-state index in [0.717, 1.165) is 40.2 Å². The summed E-state index contributed by atoms with van der Waals surface area (Å²) in [5.41, 5.74) is 4.79. The summed E-state index contributed by atoms with van der Waals surface area (Å²) in [6, 6.07) is 5.81. The number of hydrogen-bond acceptors (Lipinski definition) is 3. The van der Waals surface area contributed by atoms with Crippen LogP contribution in [0.2, 0.25) is 0 Å². The van der Waals surface area contributed by atoms with Crippen LogP contribution < -0.4 is 4.74 Å². The molecule has 0 aliphatic heterocycles. The van der Waals surface area contributed by atoms with Crippen LogP contribution in [0.25, 0.3) is 5.57 Å². The molecule has 7 heteroatoms. The first-order valence-electron chi connectivity index (χ1n) is 9.28. The molecule has 0 spiro atoms. The number of halogens is 4. The Morgan fingerprint density at radius 1 is 1.07 bits per heavy atom. The summed E-state index contributed by atoms with van der Waals surface area (Å²) in [7, 11) is 0. The number of benzene rings is 1. The molecular formula is C22H27ClF3NOS. The Morgan fingerprint density at radius 2 is 1.66 bits per heavy atom. The molecule has 0 atom stereocenters. The first kappa shape index (κ1) is 25.4. The van der Waals surface area contributed by atoms with Gasteiger partial charge in [0, 0.05) is 0 Å². The van der Waals surface area contributed by atoms with Crippen molar-refractivity contribution in [1.82, 2.24) is 0 Å². The molecule has 0 aliphatic carbocycles. The Morgan fingerprint density at radius 3 is 2.14 bits per heavy atom. The molecule has 29 heavy (non-hydrogen) atoms. The third kappa shape index (κ3) is 8.70. The van der Waals surface area contributed by atoms with Gasteiger partial charge in [-0.3, -0.25) is 0 Å². The first-order valence-corrected chi connectivity index (χ1v) is 10.5. The summed E-state index contributed by atoms with van der Waals surface area (Å²) in [4.78, 5) is 4.61. The van der Waals surface area contributed by atoms with Crippen LogP contribution in [0.1, 0.15) is 59.9 Å². The number of thioether (sulfide) groups is 1. The van der Waals surface area contributed by atoms with Crippen molar-refractivity contribution in [2.75, 3.05) is 0 Å². The highest BCUT2D eigenvalue weighted by molar-refractivity contribution is 8.16. The summed E-state index contributed by atoms with van der Waals surface area (Å²) in [6.45, 7) is 11.9. The number of aliphatic imine (C=N–C) groups is 1. The van der Waals surface area contributed by atoms with Crippen molar-refractivity contribution >= 4 is 34.0 Å². The average molecular weight is 446 g/mol. The summed E-state index contributed by atoms with van der Waals surface area (Å²) in [5, 5.41) is 3.25. The van der Waals surface area contributed by atoms with E-state index in [1.807, 2.05) is 40.0 Å². The van der Waals surface area contributed by atoms with E-state index in [1.165, 1.54) is 29.5 Å². The maximum absolute atomic E-state index is 12.4. The third-order valence-electron chi connectivity index (χ3n) is 4.42. The minimum atomic E-state index is -4.71. The Labute approximate surface area is 180 Å². The van der Waals surface area contributed by atoms with Crippen molar-refractivity contribution in [2.24, 2.45) is 4.99 Å². The van der Waals surface area contributed by atoms with E-state index < -0.39 is 6.36 Å². The highest BCUT2D eigenvalue weighted by Crippen LogP contribution is 2.29. The van der Waals surface area contributed by atoms with Crippen molar-refractivity contribution < 1.29 is 17.9 Å². The smallest absolute Gasteiger partial charge is 0.406 e. The van der Waals surface area contributed by atoms with Crippen LogP contribution in [-0.4, -0.2) is 11.4 Å². The Kier molecular flexibility index (Phi) is 10.1. The van der Waals surface area contributed by atoms with Crippen LogP contribution >= 0.6 is 23.4 Å².